The van der Waals surface area contributed by atoms with Crippen molar-refractivity contribution in [1.82, 2.24) is 15.1 Å². The molecule has 0 radical (unpaired) electrons. The van der Waals surface area contributed by atoms with Gasteiger partial charge in [0.15, 0.2) is 0 Å². The molecule has 0 aromatic carbocycles. The minimum absolute atomic E-state index is 0.244. The Hall–Kier alpha value is -0.870. The van der Waals surface area contributed by atoms with E-state index in [9.17, 15) is 0 Å². The average Bonchev–Trinajstić information content (AvgIpc) is 2.87. The van der Waals surface area contributed by atoms with E-state index in [4.69, 9.17) is 4.74 Å². The van der Waals surface area contributed by atoms with Gasteiger partial charge >= 0.3 is 0 Å². The number of hydrogen-bond donors (Lipinski definition) is 1. The van der Waals surface area contributed by atoms with Crippen LogP contribution in [0, 0.1) is 0 Å². The van der Waals surface area contributed by atoms with Crippen LogP contribution in [0.15, 0.2) is 12.3 Å². The van der Waals surface area contributed by atoms with Crippen molar-refractivity contribution in [2.24, 2.45) is 0 Å². The number of ether oxygens (including phenoxy) is 1. The maximum Gasteiger partial charge on any atom is 0.0779 e. The number of nitrogens with one attached hydrogen (secondary N) is 1. The zero-order chi connectivity index (χ0) is 13.4. The summed E-state index contributed by atoms with van der Waals surface area (Å²) < 4.78 is 8.43. The van der Waals surface area contributed by atoms with Gasteiger partial charge in [0, 0.05) is 18.8 Å². The summed E-state index contributed by atoms with van der Waals surface area (Å²) in [6, 6.07) is 2.89. The second kappa shape index (κ2) is 5.15. The summed E-state index contributed by atoms with van der Waals surface area (Å²) in [5.41, 5.74) is 1.40. The molecule has 2 saturated carbocycles. The van der Waals surface area contributed by atoms with Crippen molar-refractivity contribution in [1.29, 1.82) is 0 Å². The molecule has 1 aliphatic heterocycles. The number of rotatable bonds is 5. The fraction of sp³-hybridized carbons (Fsp3) is 0.812. The number of nitrogens with zero attached hydrogens (tertiary/aromatic N) is 2. The van der Waals surface area contributed by atoms with Crippen LogP contribution in [0.1, 0.15) is 57.1 Å². The molecule has 1 saturated heterocycles. The highest BCUT2D eigenvalue weighted by atomic mass is 16.5. The van der Waals surface area contributed by atoms with Crippen LogP contribution in [0.5, 0.6) is 0 Å². The third kappa shape index (κ3) is 2.77. The van der Waals surface area contributed by atoms with Crippen LogP contribution in [0.4, 0.5) is 0 Å². The van der Waals surface area contributed by atoms with Crippen LogP contribution in [0.2, 0.25) is 0 Å². The molecule has 1 N–H and O–H groups in total. The lowest BCUT2D eigenvalue weighted by molar-refractivity contribution is -0.0429. The standard InChI is InChI=1S/C16H25N3O/c1-2-8-16(7-1)9-5-15(20-16)12-19-10-6-14(18-19)11-17-13-3-4-13/h6,10,13,15,17H,1-5,7-9,11-12H2. The van der Waals surface area contributed by atoms with Crippen LogP contribution >= 0.6 is 0 Å². The van der Waals surface area contributed by atoms with E-state index < -0.39 is 0 Å². The van der Waals surface area contributed by atoms with Gasteiger partial charge in [0.05, 0.1) is 23.9 Å². The summed E-state index contributed by atoms with van der Waals surface area (Å²) >= 11 is 0. The summed E-state index contributed by atoms with van der Waals surface area (Å²) in [7, 11) is 0. The SMILES string of the molecule is c1cn(CC2CCC3(CCCC3)O2)nc1CNC1CC1. The Morgan fingerprint density at radius 2 is 2.10 bits per heavy atom. The van der Waals surface area contributed by atoms with E-state index in [1.165, 1.54) is 51.4 Å². The van der Waals surface area contributed by atoms with E-state index >= 15 is 0 Å². The van der Waals surface area contributed by atoms with Crippen LogP contribution in [0.25, 0.3) is 0 Å². The van der Waals surface area contributed by atoms with Crippen molar-refractivity contribution in [3.05, 3.63) is 18.0 Å². The van der Waals surface area contributed by atoms with Gasteiger partial charge in [0.1, 0.15) is 0 Å². The molecule has 1 unspecified atom stereocenters. The van der Waals surface area contributed by atoms with Crippen molar-refractivity contribution in [3.63, 3.8) is 0 Å². The zero-order valence-electron chi connectivity index (χ0n) is 12.2. The van der Waals surface area contributed by atoms with E-state index in [-0.39, 0.29) is 5.60 Å². The van der Waals surface area contributed by atoms with Crippen molar-refractivity contribution in [2.45, 2.75) is 82.2 Å². The largest absolute Gasteiger partial charge is 0.370 e. The predicted octanol–water partition coefficient (Wildman–Crippen LogP) is 2.63. The third-order valence-corrected chi connectivity index (χ3v) is 5.09. The Morgan fingerprint density at radius 3 is 2.90 bits per heavy atom. The maximum atomic E-state index is 6.35. The second-order valence-corrected chi connectivity index (χ2v) is 6.85. The normalized spacial score (nSPS) is 28.5. The molecule has 0 amide bonds. The Labute approximate surface area is 120 Å². The first-order valence-corrected chi connectivity index (χ1v) is 8.25. The molecular weight excluding hydrogens is 250 g/mol. The number of aromatic nitrogens is 2. The van der Waals surface area contributed by atoms with Crippen molar-refractivity contribution < 1.29 is 4.74 Å². The highest BCUT2D eigenvalue weighted by molar-refractivity contribution is 5.00. The van der Waals surface area contributed by atoms with Gasteiger partial charge in [-0.2, -0.15) is 5.10 Å². The maximum absolute atomic E-state index is 6.35. The van der Waals surface area contributed by atoms with Gasteiger partial charge in [-0.25, -0.2) is 0 Å². The lowest BCUT2D eigenvalue weighted by Crippen LogP contribution is -2.26. The molecule has 1 aromatic heterocycles. The third-order valence-electron chi connectivity index (χ3n) is 5.09. The molecule has 0 bridgehead atoms. The summed E-state index contributed by atoms with van der Waals surface area (Å²) in [5.74, 6) is 0. The van der Waals surface area contributed by atoms with Gasteiger partial charge < -0.3 is 10.1 Å². The molecular formula is C16H25N3O. The van der Waals surface area contributed by atoms with Crippen LogP contribution in [-0.2, 0) is 17.8 Å². The summed E-state index contributed by atoms with van der Waals surface area (Å²) in [5, 5.41) is 8.18. The number of hydrogen-bond acceptors (Lipinski definition) is 3. The van der Waals surface area contributed by atoms with Gasteiger partial charge in [-0.1, -0.05) is 12.8 Å². The highest BCUT2D eigenvalue weighted by Crippen LogP contribution is 2.43. The lowest BCUT2D eigenvalue weighted by atomic mass is 9.98. The Bertz CT molecular complexity index is 460. The van der Waals surface area contributed by atoms with E-state index in [2.05, 4.69) is 27.4 Å². The summed E-state index contributed by atoms with van der Waals surface area (Å²) in [4.78, 5) is 0. The fourth-order valence-corrected chi connectivity index (χ4v) is 3.76. The van der Waals surface area contributed by atoms with Gasteiger partial charge in [0.25, 0.3) is 0 Å². The topological polar surface area (TPSA) is 39.1 Å². The molecule has 3 aliphatic rings. The molecule has 2 aliphatic carbocycles. The molecule has 2 heterocycles. The molecule has 3 fully saturated rings. The molecule has 4 heteroatoms. The van der Waals surface area contributed by atoms with Crippen LogP contribution in [-0.4, -0.2) is 27.5 Å². The van der Waals surface area contributed by atoms with E-state index in [1.807, 2.05) is 0 Å². The molecule has 20 heavy (non-hydrogen) atoms. The summed E-state index contributed by atoms with van der Waals surface area (Å²) in [6.07, 6.45) is 12.9. The molecule has 4 rings (SSSR count). The molecule has 1 atom stereocenters. The molecule has 4 nitrogen and oxygen atoms in total. The van der Waals surface area contributed by atoms with Crippen molar-refractivity contribution in [2.75, 3.05) is 0 Å². The van der Waals surface area contributed by atoms with E-state index in [0.717, 1.165) is 24.8 Å². The van der Waals surface area contributed by atoms with Crippen LogP contribution < -0.4 is 5.32 Å². The van der Waals surface area contributed by atoms with Crippen molar-refractivity contribution in [3.8, 4) is 0 Å². The van der Waals surface area contributed by atoms with E-state index in [1.54, 1.807) is 0 Å². The minimum atomic E-state index is 0.244. The van der Waals surface area contributed by atoms with E-state index in [0.29, 0.717) is 6.10 Å². The summed E-state index contributed by atoms with van der Waals surface area (Å²) in [6.45, 7) is 1.83. The van der Waals surface area contributed by atoms with Crippen LogP contribution in [0.3, 0.4) is 0 Å². The first-order chi connectivity index (χ1) is 9.81. The van der Waals surface area contributed by atoms with Gasteiger partial charge in [-0.05, 0) is 44.6 Å². The average molecular weight is 275 g/mol. The van der Waals surface area contributed by atoms with Gasteiger partial charge in [-0.3, -0.25) is 4.68 Å². The Balaban J connectivity index is 1.30. The smallest absolute Gasteiger partial charge is 0.0779 e. The fourth-order valence-electron chi connectivity index (χ4n) is 3.76. The lowest BCUT2D eigenvalue weighted by Gasteiger charge is -2.23. The monoisotopic (exact) mass is 275 g/mol. The van der Waals surface area contributed by atoms with Crippen molar-refractivity contribution >= 4 is 0 Å². The zero-order valence-corrected chi connectivity index (χ0v) is 12.2. The van der Waals surface area contributed by atoms with Gasteiger partial charge in [0.2, 0.25) is 0 Å². The first-order valence-electron chi connectivity index (χ1n) is 8.25. The highest BCUT2D eigenvalue weighted by Gasteiger charge is 2.42. The Morgan fingerprint density at radius 1 is 1.25 bits per heavy atom. The van der Waals surface area contributed by atoms with Gasteiger partial charge in [-0.15, -0.1) is 0 Å². The predicted molar refractivity (Wildman–Crippen MR) is 77.4 cm³/mol. The molecule has 110 valence electrons. The molecule has 1 spiro atoms. The minimum Gasteiger partial charge on any atom is -0.370 e. The quantitative estimate of drug-likeness (QED) is 0.898. The first kappa shape index (κ1) is 12.8. The second-order valence-electron chi connectivity index (χ2n) is 6.85. The Kier molecular flexibility index (Phi) is 3.31. The molecule has 1 aromatic rings.